The average molecular weight is 446 g/mol. The highest BCUT2D eigenvalue weighted by Crippen LogP contribution is 2.37. The van der Waals surface area contributed by atoms with Crippen LogP contribution in [-0.4, -0.2) is 38.8 Å². The van der Waals surface area contributed by atoms with Crippen LogP contribution in [0, 0.1) is 0 Å². The van der Waals surface area contributed by atoms with Crippen LogP contribution in [0.25, 0.3) is 0 Å². The van der Waals surface area contributed by atoms with Crippen molar-refractivity contribution in [2.45, 2.75) is 64.8 Å². The number of hydrogen-bond acceptors (Lipinski definition) is 3. The first-order chi connectivity index (χ1) is 14.3. The molecule has 0 radical (unpaired) electrons. The molecule has 1 amide bonds. The van der Waals surface area contributed by atoms with E-state index in [0.29, 0.717) is 0 Å². The first kappa shape index (κ1) is 25.1. The summed E-state index contributed by atoms with van der Waals surface area (Å²) in [7, 11) is -2.84. The van der Waals surface area contributed by atoms with E-state index in [0.717, 1.165) is 10.4 Å². The molecule has 0 saturated carbocycles. The second kappa shape index (κ2) is 9.53. The highest BCUT2D eigenvalue weighted by atomic mass is 28.4. The van der Waals surface area contributed by atoms with E-state index in [-0.39, 0.29) is 18.2 Å². The second-order valence-corrected chi connectivity index (χ2v) is 14.5. The molecule has 2 aromatic carbocycles. The van der Waals surface area contributed by atoms with Gasteiger partial charge in [-0.1, -0.05) is 81.4 Å². The van der Waals surface area contributed by atoms with Gasteiger partial charge in [0, 0.05) is 0 Å². The van der Waals surface area contributed by atoms with Gasteiger partial charge >= 0.3 is 6.09 Å². The number of carbonyl (C=O) groups excluding carboxylic acids is 1. The fourth-order valence-corrected chi connectivity index (χ4v) is 8.31. The van der Waals surface area contributed by atoms with Crippen LogP contribution in [0.15, 0.2) is 60.7 Å². The molecule has 0 spiro atoms. The van der Waals surface area contributed by atoms with Gasteiger partial charge in [0.2, 0.25) is 0 Å². The van der Waals surface area contributed by atoms with Gasteiger partial charge in [-0.3, -0.25) is 0 Å². The number of carbonyl (C=O) groups is 1. The minimum absolute atomic E-state index is 0.143. The number of alkyl carbamates (subject to hydrolysis) is 1. The molecule has 0 aliphatic carbocycles. The predicted molar refractivity (Wildman–Crippen MR) is 127 cm³/mol. The molecule has 2 rings (SSSR count). The lowest BCUT2D eigenvalue weighted by Crippen LogP contribution is -2.67. The van der Waals surface area contributed by atoms with Crippen LogP contribution < -0.4 is 15.7 Å². The fraction of sp³-hybridized carbons (Fsp3) is 0.480. The molecule has 0 fully saturated rings. The van der Waals surface area contributed by atoms with Crippen molar-refractivity contribution in [3.63, 3.8) is 0 Å². The molecule has 0 aromatic heterocycles. The van der Waals surface area contributed by atoms with E-state index in [1.165, 1.54) is 6.92 Å². The van der Waals surface area contributed by atoms with Gasteiger partial charge in [0.25, 0.3) is 8.32 Å². The number of halogens is 1. The second-order valence-electron chi connectivity index (χ2n) is 10.2. The van der Waals surface area contributed by atoms with Crippen molar-refractivity contribution in [3.05, 3.63) is 60.7 Å². The standard InChI is InChI=1S/C25H36FNO3Si/c1-23(2,3)30-22(28)27-18-25(7,26)19-29-31(24(4,5)6,20-14-10-8-11-15-20)21-16-12-9-13-17-21/h8-17H,18-19H2,1-7H3,(H,27,28)/t25-/m0/s1. The maximum Gasteiger partial charge on any atom is 0.407 e. The Labute approximate surface area is 187 Å². The summed E-state index contributed by atoms with van der Waals surface area (Å²) in [4.78, 5) is 12.0. The van der Waals surface area contributed by atoms with Gasteiger partial charge in [-0.05, 0) is 43.1 Å². The van der Waals surface area contributed by atoms with E-state index in [9.17, 15) is 4.79 Å². The Hall–Kier alpha value is -2.18. The number of ether oxygens (including phenoxy) is 1. The largest absolute Gasteiger partial charge is 0.444 e. The third kappa shape index (κ3) is 6.65. The van der Waals surface area contributed by atoms with Gasteiger partial charge in [-0.2, -0.15) is 0 Å². The average Bonchev–Trinajstić information content (AvgIpc) is 2.66. The van der Waals surface area contributed by atoms with Crippen LogP contribution in [0.4, 0.5) is 9.18 Å². The molecular weight excluding hydrogens is 409 g/mol. The summed E-state index contributed by atoms with van der Waals surface area (Å²) in [5.41, 5.74) is -2.40. The number of alkyl halides is 1. The number of benzene rings is 2. The molecule has 6 heteroatoms. The Morgan fingerprint density at radius 1 is 0.871 bits per heavy atom. The fourth-order valence-electron chi connectivity index (χ4n) is 3.64. The summed E-state index contributed by atoms with van der Waals surface area (Å²) in [6.07, 6.45) is -0.637. The summed E-state index contributed by atoms with van der Waals surface area (Å²) in [6.45, 7) is 12.9. The minimum atomic E-state index is -2.84. The van der Waals surface area contributed by atoms with Gasteiger partial charge in [-0.15, -0.1) is 0 Å². The van der Waals surface area contributed by atoms with Gasteiger partial charge in [-0.25, -0.2) is 9.18 Å². The molecule has 0 bridgehead atoms. The summed E-state index contributed by atoms with van der Waals surface area (Å²) < 4.78 is 27.3. The van der Waals surface area contributed by atoms with Crippen LogP contribution in [0.3, 0.4) is 0 Å². The Kier molecular flexibility index (Phi) is 7.71. The molecule has 4 nitrogen and oxygen atoms in total. The van der Waals surface area contributed by atoms with Gasteiger partial charge in [0.05, 0.1) is 13.2 Å². The van der Waals surface area contributed by atoms with Crippen molar-refractivity contribution in [2.75, 3.05) is 13.2 Å². The van der Waals surface area contributed by atoms with Gasteiger partial charge < -0.3 is 14.5 Å². The molecular formula is C25H36FNO3Si. The van der Waals surface area contributed by atoms with Gasteiger partial charge in [0.15, 0.2) is 0 Å². The highest BCUT2D eigenvalue weighted by molar-refractivity contribution is 6.99. The molecule has 170 valence electrons. The Bertz CT molecular complexity index is 803. The molecule has 1 N–H and O–H groups in total. The summed E-state index contributed by atoms with van der Waals surface area (Å²) in [5, 5.41) is 4.46. The number of rotatable bonds is 7. The molecule has 0 saturated heterocycles. The lowest BCUT2D eigenvalue weighted by molar-refractivity contribution is 0.0437. The van der Waals surface area contributed by atoms with E-state index in [1.54, 1.807) is 20.8 Å². The molecule has 0 unspecified atom stereocenters. The molecule has 0 aliphatic heterocycles. The summed E-state index contributed by atoms with van der Waals surface area (Å²) in [5.74, 6) is 0. The number of nitrogens with one attached hydrogen (secondary N) is 1. The Morgan fingerprint density at radius 3 is 1.71 bits per heavy atom. The first-order valence-corrected chi connectivity index (χ1v) is 12.6. The van der Waals surface area contributed by atoms with E-state index < -0.39 is 25.7 Å². The Balaban J connectivity index is 2.31. The van der Waals surface area contributed by atoms with Crippen molar-refractivity contribution in [3.8, 4) is 0 Å². The molecule has 31 heavy (non-hydrogen) atoms. The van der Waals surface area contributed by atoms with Crippen LogP contribution in [0.5, 0.6) is 0 Å². The zero-order chi connectivity index (χ0) is 23.3. The lowest BCUT2D eigenvalue weighted by Gasteiger charge is -2.44. The van der Waals surface area contributed by atoms with Crippen LogP contribution in [0.2, 0.25) is 5.04 Å². The summed E-state index contributed by atoms with van der Waals surface area (Å²) in [6, 6.07) is 20.2. The normalized spacial score (nSPS) is 14.6. The predicted octanol–water partition coefficient (Wildman–Crippen LogP) is 4.82. The smallest absolute Gasteiger partial charge is 0.407 e. The highest BCUT2D eigenvalue weighted by Gasteiger charge is 2.51. The summed E-state index contributed by atoms with van der Waals surface area (Å²) >= 11 is 0. The third-order valence-corrected chi connectivity index (χ3v) is 9.99. The molecule has 2 aromatic rings. The number of hydrogen-bond donors (Lipinski definition) is 1. The quantitative estimate of drug-likeness (QED) is 0.622. The van der Waals surface area contributed by atoms with E-state index in [4.69, 9.17) is 9.16 Å². The molecule has 1 atom stereocenters. The maximum atomic E-state index is 15.5. The SMILES string of the molecule is CC(C)(C)OC(=O)NC[C@](C)(F)CO[Si](c1ccccc1)(c1ccccc1)C(C)(C)C. The third-order valence-electron chi connectivity index (χ3n) is 5.01. The van der Waals surface area contributed by atoms with E-state index in [1.807, 2.05) is 36.4 Å². The lowest BCUT2D eigenvalue weighted by atomic mass is 10.1. The van der Waals surface area contributed by atoms with Crippen LogP contribution >= 0.6 is 0 Å². The van der Waals surface area contributed by atoms with E-state index in [2.05, 4.69) is 50.4 Å². The van der Waals surface area contributed by atoms with Crippen molar-refractivity contribution < 1.29 is 18.3 Å². The number of amides is 1. The Morgan fingerprint density at radius 2 is 1.32 bits per heavy atom. The molecule has 0 heterocycles. The maximum absolute atomic E-state index is 15.5. The van der Waals surface area contributed by atoms with Crippen molar-refractivity contribution in [1.82, 2.24) is 5.32 Å². The first-order valence-electron chi connectivity index (χ1n) is 10.7. The topological polar surface area (TPSA) is 47.6 Å². The van der Waals surface area contributed by atoms with Crippen LogP contribution in [0.1, 0.15) is 48.5 Å². The van der Waals surface area contributed by atoms with Crippen LogP contribution in [-0.2, 0) is 9.16 Å². The van der Waals surface area contributed by atoms with Crippen molar-refractivity contribution >= 4 is 24.8 Å². The van der Waals surface area contributed by atoms with Gasteiger partial charge in [0.1, 0.15) is 11.3 Å². The molecule has 0 aliphatic rings. The minimum Gasteiger partial charge on any atom is -0.444 e. The van der Waals surface area contributed by atoms with E-state index >= 15 is 4.39 Å². The monoisotopic (exact) mass is 445 g/mol. The zero-order valence-electron chi connectivity index (χ0n) is 19.8. The van der Waals surface area contributed by atoms with Crippen molar-refractivity contribution in [2.24, 2.45) is 0 Å². The zero-order valence-corrected chi connectivity index (χ0v) is 20.8. The van der Waals surface area contributed by atoms with Crippen molar-refractivity contribution in [1.29, 1.82) is 0 Å².